The van der Waals surface area contributed by atoms with E-state index in [4.69, 9.17) is 10.1 Å². The summed E-state index contributed by atoms with van der Waals surface area (Å²) in [5.41, 5.74) is 5.82. The van der Waals surface area contributed by atoms with E-state index in [0.29, 0.717) is 34.4 Å². The van der Waals surface area contributed by atoms with Gasteiger partial charge in [0.05, 0.1) is 23.2 Å². The van der Waals surface area contributed by atoms with E-state index in [9.17, 15) is 4.79 Å². The Hall–Kier alpha value is -4.33. The van der Waals surface area contributed by atoms with Crippen molar-refractivity contribution in [2.24, 2.45) is 0 Å². The normalized spacial score (nSPS) is 15.1. The van der Waals surface area contributed by atoms with Crippen molar-refractivity contribution in [1.29, 1.82) is 0 Å². The van der Waals surface area contributed by atoms with Crippen LogP contribution in [0.2, 0.25) is 0 Å². The largest absolute Gasteiger partial charge is 0.328 e. The van der Waals surface area contributed by atoms with Gasteiger partial charge in [0.25, 0.3) is 5.91 Å². The molecule has 0 fully saturated rings. The second-order valence-corrected chi connectivity index (χ2v) is 8.02. The summed E-state index contributed by atoms with van der Waals surface area (Å²) in [4.78, 5) is 26.8. The van der Waals surface area contributed by atoms with E-state index in [1.54, 1.807) is 35.4 Å². The molecule has 8 heteroatoms. The number of nitrogens with zero attached hydrogens (tertiary/aromatic N) is 5. The smallest absolute Gasteiger partial charge is 0.255 e. The summed E-state index contributed by atoms with van der Waals surface area (Å²) in [7, 11) is 0. The highest BCUT2D eigenvalue weighted by atomic mass is 16.1. The lowest BCUT2D eigenvalue weighted by Gasteiger charge is -2.27. The van der Waals surface area contributed by atoms with Crippen LogP contribution in [0.5, 0.6) is 0 Å². The summed E-state index contributed by atoms with van der Waals surface area (Å²) in [6.07, 6.45) is 4.98. The number of pyridine rings is 2. The zero-order chi connectivity index (χ0) is 22.9. The van der Waals surface area contributed by atoms with Crippen LogP contribution in [0, 0.1) is 13.8 Å². The molecule has 1 aliphatic rings. The highest BCUT2D eigenvalue weighted by Crippen LogP contribution is 2.36. The minimum Gasteiger partial charge on any atom is -0.328 e. The molecule has 0 spiro atoms. The fourth-order valence-corrected chi connectivity index (χ4v) is 3.89. The van der Waals surface area contributed by atoms with Gasteiger partial charge in [0.1, 0.15) is 6.04 Å². The van der Waals surface area contributed by atoms with E-state index >= 15 is 0 Å². The summed E-state index contributed by atoms with van der Waals surface area (Å²) >= 11 is 0. The van der Waals surface area contributed by atoms with E-state index in [-0.39, 0.29) is 5.91 Å². The third-order valence-electron chi connectivity index (χ3n) is 5.75. The van der Waals surface area contributed by atoms with Gasteiger partial charge in [0.2, 0.25) is 5.95 Å². The number of allylic oxidation sites excluding steroid dienone is 1. The van der Waals surface area contributed by atoms with Crippen molar-refractivity contribution in [1.82, 2.24) is 24.7 Å². The number of rotatable bonds is 4. The molecular formula is C25H23N7O. The first kappa shape index (κ1) is 20.6. The van der Waals surface area contributed by atoms with Gasteiger partial charge in [-0.3, -0.25) is 14.8 Å². The van der Waals surface area contributed by atoms with Gasteiger partial charge in [-0.15, -0.1) is 5.10 Å². The highest BCUT2D eigenvalue weighted by molar-refractivity contribution is 6.05. The number of nitrogens with one attached hydrogen (secondary N) is 2. The molecule has 8 nitrogen and oxygen atoms in total. The number of hydrogen-bond donors (Lipinski definition) is 2. The maximum atomic E-state index is 13.4. The van der Waals surface area contributed by atoms with Gasteiger partial charge >= 0.3 is 0 Å². The molecule has 33 heavy (non-hydrogen) atoms. The Balaban J connectivity index is 1.59. The maximum absolute atomic E-state index is 13.4. The van der Waals surface area contributed by atoms with Gasteiger partial charge in [-0.25, -0.2) is 4.68 Å². The number of fused-ring (bicyclic) bond motifs is 1. The lowest BCUT2D eigenvalue weighted by atomic mass is 9.98. The number of aryl methyl sites for hydroxylation is 2. The molecule has 3 aromatic heterocycles. The van der Waals surface area contributed by atoms with Crippen molar-refractivity contribution >= 4 is 17.5 Å². The van der Waals surface area contributed by atoms with Crippen molar-refractivity contribution in [3.8, 4) is 11.4 Å². The minimum atomic E-state index is -0.535. The molecule has 2 N–H and O–H groups in total. The molecule has 0 aliphatic carbocycles. The van der Waals surface area contributed by atoms with Gasteiger partial charge < -0.3 is 10.6 Å². The van der Waals surface area contributed by atoms with Crippen molar-refractivity contribution in [3.63, 3.8) is 0 Å². The third-order valence-corrected chi connectivity index (χ3v) is 5.75. The van der Waals surface area contributed by atoms with Crippen LogP contribution in [0.1, 0.15) is 29.8 Å². The fraction of sp³-hybridized carbons (Fsp3) is 0.160. The Morgan fingerprint density at radius 1 is 1.03 bits per heavy atom. The monoisotopic (exact) mass is 437 g/mol. The van der Waals surface area contributed by atoms with E-state index in [0.717, 1.165) is 5.56 Å². The van der Waals surface area contributed by atoms with E-state index in [1.807, 2.05) is 31.2 Å². The minimum absolute atomic E-state index is 0.252. The summed E-state index contributed by atoms with van der Waals surface area (Å²) in [6, 6.07) is 14.8. The van der Waals surface area contributed by atoms with Crippen LogP contribution in [0.25, 0.3) is 11.4 Å². The van der Waals surface area contributed by atoms with Gasteiger partial charge in [-0.2, -0.15) is 4.98 Å². The predicted molar refractivity (Wildman–Crippen MR) is 126 cm³/mol. The lowest BCUT2D eigenvalue weighted by molar-refractivity contribution is -0.113. The molecule has 0 saturated heterocycles. The number of benzene rings is 1. The average Bonchev–Trinajstić information content (AvgIpc) is 3.24. The Morgan fingerprint density at radius 2 is 1.91 bits per heavy atom. The maximum Gasteiger partial charge on any atom is 0.255 e. The zero-order valence-corrected chi connectivity index (χ0v) is 18.6. The zero-order valence-electron chi connectivity index (χ0n) is 18.6. The quantitative estimate of drug-likeness (QED) is 0.495. The lowest BCUT2D eigenvalue weighted by Crippen LogP contribution is -2.32. The van der Waals surface area contributed by atoms with Crippen LogP contribution < -0.4 is 10.6 Å². The molecule has 1 amide bonds. The van der Waals surface area contributed by atoms with Crippen molar-refractivity contribution in [3.05, 3.63) is 95.2 Å². The predicted octanol–water partition coefficient (Wildman–Crippen LogP) is 4.28. The van der Waals surface area contributed by atoms with Crippen LogP contribution in [-0.2, 0) is 4.79 Å². The van der Waals surface area contributed by atoms with Gasteiger partial charge in [-0.1, -0.05) is 18.2 Å². The van der Waals surface area contributed by atoms with Gasteiger partial charge in [-0.05, 0) is 62.2 Å². The summed E-state index contributed by atoms with van der Waals surface area (Å²) in [6.45, 7) is 6.00. The molecule has 164 valence electrons. The molecule has 1 unspecified atom stereocenters. The van der Waals surface area contributed by atoms with Crippen LogP contribution in [-0.4, -0.2) is 30.6 Å². The first-order valence-electron chi connectivity index (χ1n) is 10.7. The number of amides is 1. The number of carbonyl (C=O) groups excluding carboxylic acids is 1. The van der Waals surface area contributed by atoms with Gasteiger partial charge in [0, 0.05) is 23.7 Å². The molecule has 4 heterocycles. The molecule has 1 aromatic carbocycles. The number of carbonyl (C=O) groups is 1. The highest BCUT2D eigenvalue weighted by Gasteiger charge is 2.35. The summed E-state index contributed by atoms with van der Waals surface area (Å²) in [5, 5.41) is 11.0. The number of aromatic nitrogens is 5. The Kier molecular flexibility index (Phi) is 5.18. The number of anilines is 2. The fourth-order valence-electron chi connectivity index (χ4n) is 3.89. The van der Waals surface area contributed by atoms with Crippen molar-refractivity contribution < 1.29 is 4.79 Å². The molecule has 1 aliphatic heterocycles. The standard InChI is InChI=1S/C25H23N7O/c1-15-9-10-18(13-16(15)2)23-30-25-28-17(3)21(24(33)29-19-7-6-11-26-14-19)22(32(25)31-23)20-8-4-5-12-27-20/h4-14,22H,1-3H3,(H,29,33)(H,28,30,31). The Morgan fingerprint density at radius 3 is 2.64 bits per heavy atom. The van der Waals surface area contributed by atoms with Crippen molar-refractivity contribution in [2.75, 3.05) is 10.6 Å². The molecule has 0 saturated carbocycles. The third kappa shape index (κ3) is 3.87. The topological polar surface area (TPSA) is 97.6 Å². The van der Waals surface area contributed by atoms with Gasteiger partial charge in [0.15, 0.2) is 5.82 Å². The van der Waals surface area contributed by atoms with Crippen LogP contribution in [0.3, 0.4) is 0 Å². The second kappa shape index (κ2) is 8.31. The van der Waals surface area contributed by atoms with Crippen LogP contribution in [0.4, 0.5) is 11.6 Å². The molecule has 4 aromatic rings. The first-order chi connectivity index (χ1) is 16.0. The SMILES string of the molecule is CC1=C(C(=O)Nc2cccnc2)C(c2ccccn2)n2nc(-c3ccc(C)c(C)c3)nc2N1. The molecule has 1 atom stereocenters. The van der Waals surface area contributed by atoms with Crippen LogP contribution >= 0.6 is 0 Å². The molecule has 0 bridgehead atoms. The second-order valence-electron chi connectivity index (χ2n) is 8.02. The van der Waals surface area contributed by atoms with Crippen molar-refractivity contribution in [2.45, 2.75) is 26.8 Å². The number of hydrogen-bond acceptors (Lipinski definition) is 6. The average molecular weight is 438 g/mol. The van der Waals surface area contributed by atoms with E-state index in [1.165, 1.54) is 11.1 Å². The first-order valence-corrected chi connectivity index (χ1v) is 10.7. The summed E-state index contributed by atoms with van der Waals surface area (Å²) < 4.78 is 1.73. The Labute approximate surface area is 191 Å². The summed E-state index contributed by atoms with van der Waals surface area (Å²) in [5.74, 6) is 0.898. The Bertz CT molecular complexity index is 1360. The molecule has 0 radical (unpaired) electrons. The molecule has 5 rings (SSSR count). The van der Waals surface area contributed by atoms with Crippen LogP contribution in [0.15, 0.2) is 78.4 Å². The molecular weight excluding hydrogens is 414 g/mol. The van der Waals surface area contributed by atoms with E-state index in [2.05, 4.69) is 46.6 Å². The van der Waals surface area contributed by atoms with E-state index < -0.39 is 6.04 Å².